The van der Waals surface area contributed by atoms with E-state index in [1.807, 2.05) is 23.1 Å². The molecule has 0 atom stereocenters. The largest absolute Gasteiger partial charge is 0.497 e. The van der Waals surface area contributed by atoms with Gasteiger partial charge >= 0.3 is 0 Å². The number of methoxy groups -OCH3 is 2. The summed E-state index contributed by atoms with van der Waals surface area (Å²) in [6.07, 6.45) is 1.79. The van der Waals surface area contributed by atoms with E-state index in [0.717, 1.165) is 28.1 Å². The van der Waals surface area contributed by atoms with E-state index in [1.165, 1.54) is 0 Å². The van der Waals surface area contributed by atoms with E-state index in [4.69, 9.17) is 26.1 Å². The number of halogens is 1. The standard InChI is InChI=1S/C21H21ClN2O3S/c1-26-15-4-5-18(27-2)16(12-15)21(25)24-9-7-13(8-10-24)20-23-17-11-14(22)3-6-19(17)28-20/h3-6,11-13H,7-10H2,1-2H3. The third-order valence-electron chi connectivity index (χ3n) is 5.13. The summed E-state index contributed by atoms with van der Waals surface area (Å²) in [5, 5.41) is 1.83. The van der Waals surface area contributed by atoms with Gasteiger partial charge in [-0.05, 0) is 49.2 Å². The molecule has 1 aromatic heterocycles. The van der Waals surface area contributed by atoms with Crippen LogP contribution in [0.15, 0.2) is 36.4 Å². The number of hydrogen-bond acceptors (Lipinski definition) is 5. The van der Waals surface area contributed by atoms with E-state index in [0.29, 0.717) is 41.1 Å². The molecule has 0 radical (unpaired) electrons. The molecule has 7 heteroatoms. The van der Waals surface area contributed by atoms with Crippen molar-refractivity contribution >= 4 is 39.1 Å². The number of hydrogen-bond donors (Lipinski definition) is 0. The Morgan fingerprint density at radius 2 is 1.93 bits per heavy atom. The maximum atomic E-state index is 13.0. The highest BCUT2D eigenvalue weighted by Crippen LogP contribution is 2.35. The van der Waals surface area contributed by atoms with Crippen LogP contribution in [0.1, 0.15) is 34.1 Å². The molecular formula is C21H21ClN2O3S. The first-order valence-electron chi connectivity index (χ1n) is 9.16. The second kappa shape index (κ2) is 7.97. The van der Waals surface area contributed by atoms with E-state index in [1.54, 1.807) is 43.8 Å². The summed E-state index contributed by atoms with van der Waals surface area (Å²) in [5.41, 5.74) is 1.49. The average molecular weight is 417 g/mol. The molecule has 0 spiro atoms. The third kappa shape index (κ3) is 3.66. The first kappa shape index (κ1) is 19.0. The van der Waals surface area contributed by atoms with Crippen LogP contribution in [0.25, 0.3) is 10.2 Å². The lowest BCUT2D eigenvalue weighted by atomic mass is 9.97. The topological polar surface area (TPSA) is 51.7 Å². The minimum absolute atomic E-state index is 0.0229. The van der Waals surface area contributed by atoms with Crippen molar-refractivity contribution in [3.63, 3.8) is 0 Å². The van der Waals surface area contributed by atoms with E-state index in [-0.39, 0.29) is 5.91 Å². The predicted octanol–water partition coefficient (Wildman–Crippen LogP) is 4.99. The Hall–Kier alpha value is -2.31. The van der Waals surface area contributed by atoms with Crippen LogP contribution in [0.2, 0.25) is 5.02 Å². The lowest BCUT2D eigenvalue weighted by molar-refractivity contribution is 0.0709. The molecule has 1 aliphatic heterocycles. The van der Waals surface area contributed by atoms with Gasteiger partial charge in [0.05, 0.1) is 35.0 Å². The van der Waals surface area contributed by atoms with E-state index < -0.39 is 0 Å². The fraction of sp³-hybridized carbons (Fsp3) is 0.333. The number of nitrogens with zero attached hydrogens (tertiary/aromatic N) is 2. The van der Waals surface area contributed by atoms with Crippen LogP contribution in [-0.4, -0.2) is 43.1 Å². The molecule has 1 amide bonds. The van der Waals surface area contributed by atoms with Gasteiger partial charge in [0.2, 0.25) is 0 Å². The van der Waals surface area contributed by atoms with Gasteiger partial charge in [-0.3, -0.25) is 4.79 Å². The maximum Gasteiger partial charge on any atom is 0.257 e. The highest BCUT2D eigenvalue weighted by molar-refractivity contribution is 7.18. The lowest BCUT2D eigenvalue weighted by Gasteiger charge is -2.31. The summed E-state index contributed by atoms with van der Waals surface area (Å²) in [6.45, 7) is 1.39. The first-order valence-corrected chi connectivity index (χ1v) is 10.4. The van der Waals surface area contributed by atoms with Gasteiger partial charge in [0.1, 0.15) is 11.5 Å². The first-order chi connectivity index (χ1) is 13.6. The zero-order valence-electron chi connectivity index (χ0n) is 15.8. The number of carbonyl (C=O) groups excluding carboxylic acids is 1. The smallest absolute Gasteiger partial charge is 0.257 e. The Balaban J connectivity index is 1.48. The predicted molar refractivity (Wildman–Crippen MR) is 112 cm³/mol. The fourth-order valence-corrected chi connectivity index (χ4v) is 4.86. The summed E-state index contributed by atoms with van der Waals surface area (Å²) in [5.74, 6) is 1.56. The molecule has 0 bridgehead atoms. The Morgan fingerprint density at radius 1 is 1.14 bits per heavy atom. The second-order valence-corrected chi connectivity index (χ2v) is 8.30. The van der Waals surface area contributed by atoms with Crippen molar-refractivity contribution in [3.05, 3.63) is 52.0 Å². The SMILES string of the molecule is COc1ccc(OC)c(C(=O)N2CCC(c3nc4cc(Cl)ccc4s3)CC2)c1. The van der Waals surface area contributed by atoms with Gasteiger partial charge in [-0.2, -0.15) is 0 Å². The molecule has 0 saturated carbocycles. The summed E-state index contributed by atoms with van der Waals surface area (Å²) in [4.78, 5) is 19.7. The molecule has 1 saturated heterocycles. The van der Waals surface area contributed by atoms with Crippen molar-refractivity contribution < 1.29 is 14.3 Å². The highest BCUT2D eigenvalue weighted by Gasteiger charge is 2.28. The number of ether oxygens (including phenoxy) is 2. The number of thiazole rings is 1. The molecule has 3 aromatic rings. The van der Waals surface area contributed by atoms with Crippen LogP contribution in [0.3, 0.4) is 0 Å². The Bertz CT molecular complexity index is 1010. The lowest BCUT2D eigenvalue weighted by Crippen LogP contribution is -2.38. The van der Waals surface area contributed by atoms with Gasteiger partial charge in [-0.1, -0.05) is 11.6 Å². The van der Waals surface area contributed by atoms with Crippen molar-refractivity contribution in [3.8, 4) is 11.5 Å². The molecule has 0 unspecified atom stereocenters. The number of rotatable bonds is 4. The third-order valence-corrected chi connectivity index (χ3v) is 6.57. The number of aromatic nitrogens is 1. The van der Waals surface area contributed by atoms with Crippen LogP contribution in [0, 0.1) is 0 Å². The summed E-state index contributed by atoms with van der Waals surface area (Å²) < 4.78 is 11.8. The molecular weight excluding hydrogens is 396 g/mol. The van der Waals surface area contributed by atoms with Crippen molar-refractivity contribution in [1.29, 1.82) is 0 Å². The van der Waals surface area contributed by atoms with Crippen molar-refractivity contribution in [1.82, 2.24) is 9.88 Å². The summed E-state index contributed by atoms with van der Waals surface area (Å²) >= 11 is 7.79. The Kier molecular flexibility index (Phi) is 5.42. The molecule has 4 rings (SSSR count). The van der Waals surface area contributed by atoms with E-state index in [9.17, 15) is 4.79 Å². The number of benzene rings is 2. The fourth-order valence-electron chi connectivity index (χ4n) is 3.57. The van der Waals surface area contributed by atoms with Crippen LogP contribution in [0.4, 0.5) is 0 Å². The average Bonchev–Trinajstić information content (AvgIpc) is 3.16. The highest BCUT2D eigenvalue weighted by atomic mass is 35.5. The van der Waals surface area contributed by atoms with Gasteiger partial charge in [0.25, 0.3) is 5.91 Å². The number of likely N-dealkylation sites (tertiary alicyclic amines) is 1. The minimum Gasteiger partial charge on any atom is -0.497 e. The van der Waals surface area contributed by atoms with Gasteiger partial charge < -0.3 is 14.4 Å². The van der Waals surface area contributed by atoms with E-state index in [2.05, 4.69) is 0 Å². The second-order valence-electron chi connectivity index (χ2n) is 6.80. The summed E-state index contributed by atoms with van der Waals surface area (Å²) in [6, 6.07) is 11.1. The monoisotopic (exact) mass is 416 g/mol. The van der Waals surface area contributed by atoms with Crippen molar-refractivity contribution in [2.45, 2.75) is 18.8 Å². The van der Waals surface area contributed by atoms with Crippen molar-refractivity contribution in [2.75, 3.05) is 27.3 Å². The van der Waals surface area contributed by atoms with E-state index >= 15 is 0 Å². The number of piperidine rings is 1. The Labute approximate surface area is 172 Å². The molecule has 0 N–H and O–H groups in total. The van der Waals surface area contributed by atoms with Gasteiger partial charge in [0, 0.05) is 24.0 Å². The maximum absolute atomic E-state index is 13.0. The van der Waals surface area contributed by atoms with Gasteiger partial charge in [-0.15, -0.1) is 11.3 Å². The normalized spacial score (nSPS) is 15.0. The molecule has 1 fully saturated rings. The molecule has 146 valence electrons. The minimum atomic E-state index is -0.0229. The van der Waals surface area contributed by atoms with Gasteiger partial charge in [-0.25, -0.2) is 4.98 Å². The molecule has 2 heterocycles. The van der Waals surface area contributed by atoms with Crippen LogP contribution in [0.5, 0.6) is 11.5 Å². The number of carbonyl (C=O) groups is 1. The molecule has 1 aliphatic rings. The molecule has 28 heavy (non-hydrogen) atoms. The zero-order chi connectivity index (χ0) is 19.7. The van der Waals surface area contributed by atoms with Crippen molar-refractivity contribution in [2.24, 2.45) is 0 Å². The van der Waals surface area contributed by atoms with Crippen LogP contribution >= 0.6 is 22.9 Å². The number of fused-ring (bicyclic) bond motifs is 1. The van der Waals surface area contributed by atoms with Crippen LogP contribution in [-0.2, 0) is 0 Å². The Morgan fingerprint density at radius 3 is 2.64 bits per heavy atom. The molecule has 0 aliphatic carbocycles. The number of amides is 1. The zero-order valence-corrected chi connectivity index (χ0v) is 17.3. The summed E-state index contributed by atoms with van der Waals surface area (Å²) in [7, 11) is 3.16. The molecule has 2 aromatic carbocycles. The van der Waals surface area contributed by atoms with Gasteiger partial charge in [0.15, 0.2) is 0 Å². The quantitative estimate of drug-likeness (QED) is 0.601. The van der Waals surface area contributed by atoms with Crippen LogP contribution < -0.4 is 9.47 Å². The molecule has 5 nitrogen and oxygen atoms in total.